The maximum atomic E-state index is 10.0. The molecule has 0 aliphatic carbocycles. The van der Waals surface area contributed by atoms with Gasteiger partial charge in [0, 0.05) is 19.1 Å². The van der Waals surface area contributed by atoms with E-state index in [9.17, 15) is 5.11 Å². The van der Waals surface area contributed by atoms with Crippen molar-refractivity contribution >= 4 is 0 Å². The second-order valence-corrected chi connectivity index (χ2v) is 7.49. The molecular formula is C16H31NO2. The van der Waals surface area contributed by atoms with Crippen molar-refractivity contribution < 1.29 is 9.84 Å². The normalized spacial score (nSPS) is 35.1. The van der Waals surface area contributed by atoms with E-state index in [1.54, 1.807) is 0 Å². The van der Waals surface area contributed by atoms with E-state index in [-0.39, 0.29) is 6.10 Å². The highest BCUT2D eigenvalue weighted by molar-refractivity contribution is 4.81. The van der Waals surface area contributed by atoms with Crippen molar-refractivity contribution in [2.45, 2.75) is 52.6 Å². The van der Waals surface area contributed by atoms with E-state index in [2.05, 4.69) is 25.7 Å². The highest BCUT2D eigenvalue weighted by Crippen LogP contribution is 2.34. The third kappa shape index (κ3) is 4.44. The molecule has 0 aromatic heterocycles. The lowest BCUT2D eigenvalue weighted by molar-refractivity contribution is -0.0464. The Balaban J connectivity index is 1.82. The van der Waals surface area contributed by atoms with Crippen LogP contribution in [0.15, 0.2) is 0 Å². The summed E-state index contributed by atoms with van der Waals surface area (Å²) in [6, 6.07) is 0. The van der Waals surface area contributed by atoms with E-state index in [4.69, 9.17) is 4.74 Å². The lowest BCUT2D eigenvalue weighted by atomic mass is 9.77. The van der Waals surface area contributed by atoms with Gasteiger partial charge in [0.1, 0.15) is 0 Å². The van der Waals surface area contributed by atoms with Crippen LogP contribution in [0.3, 0.4) is 0 Å². The Labute approximate surface area is 118 Å². The molecule has 2 aliphatic rings. The molecule has 3 unspecified atom stereocenters. The summed E-state index contributed by atoms with van der Waals surface area (Å²) >= 11 is 0. The van der Waals surface area contributed by atoms with E-state index in [0.717, 1.165) is 32.1 Å². The fourth-order valence-corrected chi connectivity index (χ4v) is 3.50. The molecule has 3 nitrogen and oxygen atoms in total. The lowest BCUT2D eigenvalue weighted by Crippen LogP contribution is -2.41. The summed E-state index contributed by atoms with van der Waals surface area (Å²) in [6.07, 6.45) is 4.60. The first-order valence-corrected chi connectivity index (χ1v) is 7.95. The Bertz CT molecular complexity index is 274. The molecule has 2 fully saturated rings. The molecule has 2 saturated heterocycles. The molecule has 0 spiro atoms. The minimum absolute atomic E-state index is 0.157. The number of hydrogen-bond donors (Lipinski definition) is 1. The SMILES string of the molecule is CC(C)(C)C1CCCN(CC2COCCC2O)CC1. The molecule has 1 N–H and O–H groups in total. The molecule has 0 saturated carbocycles. The number of ether oxygens (including phenoxy) is 1. The summed E-state index contributed by atoms with van der Waals surface area (Å²) in [7, 11) is 0. The Morgan fingerprint density at radius 1 is 1.16 bits per heavy atom. The van der Waals surface area contributed by atoms with Gasteiger partial charge in [-0.3, -0.25) is 0 Å². The van der Waals surface area contributed by atoms with Gasteiger partial charge in [0.15, 0.2) is 0 Å². The van der Waals surface area contributed by atoms with Crippen LogP contribution in [0, 0.1) is 17.3 Å². The average Bonchev–Trinajstić information content (AvgIpc) is 2.57. The third-order valence-corrected chi connectivity index (χ3v) is 4.97. The highest BCUT2D eigenvalue weighted by Gasteiger charge is 2.30. The minimum Gasteiger partial charge on any atom is -0.393 e. The Morgan fingerprint density at radius 3 is 2.63 bits per heavy atom. The first-order chi connectivity index (χ1) is 8.97. The molecular weight excluding hydrogens is 238 g/mol. The van der Waals surface area contributed by atoms with Gasteiger partial charge in [0.25, 0.3) is 0 Å². The zero-order valence-corrected chi connectivity index (χ0v) is 12.9. The van der Waals surface area contributed by atoms with Crippen molar-refractivity contribution in [3.8, 4) is 0 Å². The van der Waals surface area contributed by atoms with Gasteiger partial charge in [0.2, 0.25) is 0 Å². The molecule has 0 amide bonds. The van der Waals surface area contributed by atoms with Crippen molar-refractivity contribution in [3.63, 3.8) is 0 Å². The fraction of sp³-hybridized carbons (Fsp3) is 1.00. The Hall–Kier alpha value is -0.120. The lowest BCUT2D eigenvalue weighted by Gasteiger charge is -2.33. The smallest absolute Gasteiger partial charge is 0.0624 e. The second-order valence-electron chi connectivity index (χ2n) is 7.49. The zero-order chi connectivity index (χ0) is 13.9. The zero-order valence-electron chi connectivity index (χ0n) is 12.9. The van der Waals surface area contributed by atoms with E-state index in [0.29, 0.717) is 11.3 Å². The quantitative estimate of drug-likeness (QED) is 0.836. The molecule has 2 rings (SSSR count). The van der Waals surface area contributed by atoms with Crippen LogP contribution in [0.25, 0.3) is 0 Å². The van der Waals surface area contributed by atoms with Crippen molar-refractivity contribution in [1.29, 1.82) is 0 Å². The number of hydrogen-bond acceptors (Lipinski definition) is 3. The van der Waals surface area contributed by atoms with Crippen LogP contribution in [0.4, 0.5) is 0 Å². The summed E-state index contributed by atoms with van der Waals surface area (Å²) in [6.45, 7) is 12.0. The monoisotopic (exact) mass is 269 g/mol. The maximum absolute atomic E-state index is 10.0. The van der Waals surface area contributed by atoms with Gasteiger partial charge in [-0.1, -0.05) is 20.8 Å². The first-order valence-electron chi connectivity index (χ1n) is 7.95. The number of aliphatic hydroxyl groups excluding tert-OH is 1. The van der Waals surface area contributed by atoms with Crippen molar-refractivity contribution in [1.82, 2.24) is 4.90 Å². The molecule has 0 radical (unpaired) electrons. The van der Waals surface area contributed by atoms with Crippen LogP contribution >= 0.6 is 0 Å². The van der Waals surface area contributed by atoms with Gasteiger partial charge in [-0.25, -0.2) is 0 Å². The fourth-order valence-electron chi connectivity index (χ4n) is 3.50. The molecule has 2 aliphatic heterocycles. The largest absolute Gasteiger partial charge is 0.393 e. The highest BCUT2D eigenvalue weighted by atomic mass is 16.5. The minimum atomic E-state index is -0.157. The van der Waals surface area contributed by atoms with Gasteiger partial charge < -0.3 is 14.7 Å². The topological polar surface area (TPSA) is 32.7 Å². The number of rotatable bonds is 2. The molecule has 0 bridgehead atoms. The second kappa shape index (κ2) is 6.55. The molecule has 3 atom stereocenters. The Kier molecular flexibility index (Phi) is 5.27. The van der Waals surface area contributed by atoms with E-state index >= 15 is 0 Å². The van der Waals surface area contributed by atoms with Crippen molar-refractivity contribution in [2.24, 2.45) is 17.3 Å². The van der Waals surface area contributed by atoms with Crippen LogP contribution in [0.5, 0.6) is 0 Å². The molecule has 3 heteroatoms. The van der Waals surface area contributed by atoms with Crippen molar-refractivity contribution in [2.75, 3.05) is 32.8 Å². The standard InChI is InChI=1S/C16H31NO2/c1-16(2,3)14-5-4-8-17(9-6-14)11-13-12-19-10-7-15(13)18/h13-15,18H,4-12H2,1-3H3. The van der Waals surface area contributed by atoms with Gasteiger partial charge in [-0.2, -0.15) is 0 Å². The number of nitrogens with zero attached hydrogens (tertiary/aromatic N) is 1. The molecule has 0 aromatic carbocycles. The van der Waals surface area contributed by atoms with Gasteiger partial charge in [-0.05, 0) is 50.1 Å². The summed E-state index contributed by atoms with van der Waals surface area (Å²) in [5.41, 5.74) is 0.434. The first kappa shape index (κ1) is 15.3. The van der Waals surface area contributed by atoms with Crippen LogP contribution < -0.4 is 0 Å². The maximum Gasteiger partial charge on any atom is 0.0624 e. The van der Waals surface area contributed by atoms with Gasteiger partial charge in [-0.15, -0.1) is 0 Å². The van der Waals surface area contributed by atoms with Crippen LogP contribution in [-0.2, 0) is 4.74 Å². The summed E-state index contributed by atoms with van der Waals surface area (Å²) in [5, 5.41) is 10.0. The van der Waals surface area contributed by atoms with Gasteiger partial charge in [0.05, 0.1) is 12.7 Å². The summed E-state index contributed by atoms with van der Waals surface area (Å²) in [5.74, 6) is 1.16. The summed E-state index contributed by atoms with van der Waals surface area (Å²) < 4.78 is 5.51. The molecule has 112 valence electrons. The van der Waals surface area contributed by atoms with Crippen LogP contribution in [0.2, 0.25) is 0 Å². The van der Waals surface area contributed by atoms with Crippen LogP contribution in [0.1, 0.15) is 46.5 Å². The van der Waals surface area contributed by atoms with Crippen molar-refractivity contribution in [3.05, 3.63) is 0 Å². The van der Waals surface area contributed by atoms with E-state index in [1.165, 1.54) is 32.4 Å². The number of likely N-dealkylation sites (tertiary alicyclic amines) is 1. The Morgan fingerprint density at radius 2 is 1.95 bits per heavy atom. The molecule has 2 heterocycles. The molecule has 0 aromatic rings. The molecule has 19 heavy (non-hydrogen) atoms. The third-order valence-electron chi connectivity index (χ3n) is 4.97. The van der Waals surface area contributed by atoms with E-state index in [1.807, 2.05) is 0 Å². The summed E-state index contributed by atoms with van der Waals surface area (Å²) in [4.78, 5) is 2.55. The van der Waals surface area contributed by atoms with E-state index < -0.39 is 0 Å². The van der Waals surface area contributed by atoms with Gasteiger partial charge >= 0.3 is 0 Å². The average molecular weight is 269 g/mol. The predicted molar refractivity (Wildman–Crippen MR) is 78.2 cm³/mol. The van der Waals surface area contributed by atoms with Crippen LogP contribution in [-0.4, -0.2) is 49.0 Å². The predicted octanol–water partition coefficient (Wildman–Crippen LogP) is 2.53. The number of aliphatic hydroxyl groups is 1.